The summed E-state index contributed by atoms with van der Waals surface area (Å²) in [6.07, 6.45) is 0.534. The van der Waals surface area contributed by atoms with Crippen molar-refractivity contribution in [2.24, 2.45) is 0 Å². The fourth-order valence-electron chi connectivity index (χ4n) is 2.46. The fourth-order valence-corrected chi connectivity index (χ4v) is 4.15. The molecule has 2 N–H and O–H groups in total. The van der Waals surface area contributed by atoms with Gasteiger partial charge in [-0.15, -0.1) is 5.10 Å². The molecule has 1 aromatic heterocycles. The molecule has 0 bridgehead atoms. The minimum Gasteiger partial charge on any atom is -0.398 e. The molecule has 0 radical (unpaired) electrons. The second-order valence-corrected chi connectivity index (χ2v) is 7.27. The van der Waals surface area contributed by atoms with Gasteiger partial charge >= 0.3 is 0 Å². The van der Waals surface area contributed by atoms with Crippen LogP contribution in [0.15, 0.2) is 18.2 Å². The first-order chi connectivity index (χ1) is 9.48. The third kappa shape index (κ3) is 2.15. The lowest BCUT2D eigenvalue weighted by atomic mass is 10.1. The van der Waals surface area contributed by atoms with Gasteiger partial charge in [-0.25, -0.2) is 13.1 Å². The van der Waals surface area contributed by atoms with Gasteiger partial charge in [-0.1, -0.05) is 12.1 Å². The number of nitrogen functional groups attached to an aromatic ring is 1. The molecule has 0 spiro atoms. The van der Waals surface area contributed by atoms with E-state index in [1.54, 1.807) is 4.68 Å². The van der Waals surface area contributed by atoms with Crippen LogP contribution in [0, 0.1) is 6.92 Å². The highest BCUT2D eigenvalue weighted by atomic mass is 32.2. The molecular weight excluding hydrogens is 278 g/mol. The number of hydrogen-bond acceptors (Lipinski definition) is 6. The van der Waals surface area contributed by atoms with Crippen LogP contribution in [-0.4, -0.2) is 40.1 Å². The van der Waals surface area contributed by atoms with Crippen LogP contribution in [0.3, 0.4) is 0 Å². The van der Waals surface area contributed by atoms with Crippen molar-refractivity contribution >= 4 is 15.5 Å². The molecule has 0 aliphatic carbocycles. The summed E-state index contributed by atoms with van der Waals surface area (Å²) in [4.78, 5) is 0. The Morgan fingerprint density at radius 3 is 2.90 bits per heavy atom. The molecular formula is C12H15N5O2S. The molecule has 1 saturated heterocycles. The molecule has 8 heteroatoms. The Balaban J connectivity index is 2.05. The standard InChI is InChI=1S/C12H15N5O2S/c1-8-3-2-4-10(11(8)13)12-14-15-16-17(12)9-5-6-20(18,19)7-9/h2-4,9H,5-7,13H2,1H3. The molecule has 0 saturated carbocycles. The smallest absolute Gasteiger partial charge is 0.184 e. The van der Waals surface area contributed by atoms with Crippen molar-refractivity contribution in [3.8, 4) is 11.4 Å². The first-order valence-corrected chi connectivity index (χ1v) is 8.14. The summed E-state index contributed by atoms with van der Waals surface area (Å²) in [5.41, 5.74) is 8.36. The number of aromatic nitrogens is 4. The van der Waals surface area contributed by atoms with E-state index in [2.05, 4.69) is 15.5 Å². The molecule has 1 aliphatic rings. The molecule has 3 rings (SSSR count). The number of sulfone groups is 1. The number of rotatable bonds is 2. The van der Waals surface area contributed by atoms with Crippen molar-refractivity contribution in [2.45, 2.75) is 19.4 Å². The van der Waals surface area contributed by atoms with Crippen LogP contribution < -0.4 is 5.73 Å². The molecule has 2 heterocycles. The Kier molecular flexibility index (Phi) is 2.97. The lowest BCUT2D eigenvalue weighted by molar-refractivity contribution is 0.489. The van der Waals surface area contributed by atoms with E-state index >= 15 is 0 Å². The summed E-state index contributed by atoms with van der Waals surface area (Å²) in [6, 6.07) is 5.41. The molecule has 1 aromatic carbocycles. The maximum Gasteiger partial charge on any atom is 0.184 e. The zero-order valence-corrected chi connectivity index (χ0v) is 11.8. The molecule has 1 atom stereocenters. The second kappa shape index (κ2) is 4.55. The Morgan fingerprint density at radius 1 is 1.40 bits per heavy atom. The number of anilines is 1. The van der Waals surface area contributed by atoms with Crippen molar-refractivity contribution in [2.75, 3.05) is 17.2 Å². The van der Waals surface area contributed by atoms with Gasteiger partial charge in [-0.2, -0.15) is 0 Å². The molecule has 7 nitrogen and oxygen atoms in total. The predicted molar refractivity (Wildman–Crippen MR) is 74.7 cm³/mol. The van der Waals surface area contributed by atoms with Crippen LogP contribution in [0.5, 0.6) is 0 Å². The molecule has 1 aliphatic heterocycles. The highest BCUT2D eigenvalue weighted by Gasteiger charge is 2.32. The first kappa shape index (κ1) is 13.0. The molecule has 1 unspecified atom stereocenters. The third-order valence-electron chi connectivity index (χ3n) is 3.61. The van der Waals surface area contributed by atoms with Crippen molar-refractivity contribution in [3.63, 3.8) is 0 Å². The largest absolute Gasteiger partial charge is 0.398 e. The van der Waals surface area contributed by atoms with E-state index in [1.165, 1.54) is 0 Å². The van der Waals surface area contributed by atoms with Crippen molar-refractivity contribution in [1.82, 2.24) is 20.2 Å². The van der Waals surface area contributed by atoms with E-state index in [4.69, 9.17) is 5.73 Å². The third-order valence-corrected chi connectivity index (χ3v) is 5.36. The van der Waals surface area contributed by atoms with Crippen molar-refractivity contribution in [3.05, 3.63) is 23.8 Å². The van der Waals surface area contributed by atoms with Gasteiger partial charge in [-0.05, 0) is 35.4 Å². The monoisotopic (exact) mass is 293 g/mol. The summed E-state index contributed by atoms with van der Waals surface area (Å²) >= 11 is 0. The van der Waals surface area contributed by atoms with E-state index in [0.717, 1.165) is 11.1 Å². The summed E-state index contributed by atoms with van der Waals surface area (Å²) in [5.74, 6) is 0.783. The number of tetrazole rings is 1. The Bertz CT molecular complexity index is 753. The summed E-state index contributed by atoms with van der Waals surface area (Å²) in [7, 11) is -2.99. The number of hydrogen-bond donors (Lipinski definition) is 1. The van der Waals surface area contributed by atoms with Gasteiger partial charge in [0.2, 0.25) is 0 Å². The quantitative estimate of drug-likeness (QED) is 0.813. The molecule has 106 valence electrons. The molecule has 2 aromatic rings. The van der Waals surface area contributed by atoms with E-state index in [0.29, 0.717) is 17.9 Å². The summed E-state index contributed by atoms with van der Waals surface area (Å²) < 4.78 is 24.8. The normalized spacial score (nSPS) is 21.1. The Labute approximate surface area is 116 Å². The molecule has 1 fully saturated rings. The van der Waals surface area contributed by atoms with Gasteiger partial charge in [-0.3, -0.25) is 0 Å². The fraction of sp³-hybridized carbons (Fsp3) is 0.417. The maximum absolute atomic E-state index is 11.6. The summed E-state index contributed by atoms with van der Waals surface area (Å²) in [6.45, 7) is 1.91. The number of para-hydroxylation sites is 1. The number of nitrogens with two attached hydrogens (primary N) is 1. The summed E-state index contributed by atoms with van der Waals surface area (Å²) in [5, 5.41) is 11.6. The van der Waals surface area contributed by atoms with Crippen LogP contribution in [0.25, 0.3) is 11.4 Å². The van der Waals surface area contributed by atoms with Gasteiger partial charge in [0.15, 0.2) is 15.7 Å². The Hall–Kier alpha value is -1.96. The topological polar surface area (TPSA) is 104 Å². The zero-order valence-electron chi connectivity index (χ0n) is 11.0. The lowest BCUT2D eigenvalue weighted by Gasteiger charge is -2.12. The van der Waals surface area contributed by atoms with E-state index in [9.17, 15) is 8.42 Å². The van der Waals surface area contributed by atoms with Gasteiger partial charge in [0.05, 0.1) is 17.5 Å². The van der Waals surface area contributed by atoms with Crippen LogP contribution in [0.2, 0.25) is 0 Å². The number of aryl methyl sites for hydroxylation is 1. The lowest BCUT2D eigenvalue weighted by Crippen LogP contribution is -2.14. The second-order valence-electron chi connectivity index (χ2n) is 5.04. The van der Waals surface area contributed by atoms with E-state index in [-0.39, 0.29) is 17.5 Å². The van der Waals surface area contributed by atoms with Gasteiger partial charge in [0.1, 0.15) is 0 Å². The highest BCUT2D eigenvalue weighted by molar-refractivity contribution is 7.91. The van der Waals surface area contributed by atoms with Gasteiger partial charge in [0, 0.05) is 11.3 Å². The molecule has 0 amide bonds. The highest BCUT2D eigenvalue weighted by Crippen LogP contribution is 2.30. The zero-order chi connectivity index (χ0) is 14.3. The van der Waals surface area contributed by atoms with E-state index in [1.807, 2.05) is 25.1 Å². The predicted octanol–water partition coefficient (Wildman–Crippen LogP) is 0.590. The number of benzene rings is 1. The van der Waals surface area contributed by atoms with Crippen LogP contribution in [0.1, 0.15) is 18.0 Å². The Morgan fingerprint density at radius 2 is 2.20 bits per heavy atom. The van der Waals surface area contributed by atoms with Crippen LogP contribution in [-0.2, 0) is 9.84 Å². The van der Waals surface area contributed by atoms with Crippen LogP contribution >= 0.6 is 0 Å². The molecule has 20 heavy (non-hydrogen) atoms. The SMILES string of the molecule is Cc1cccc(-c2nnnn2C2CCS(=O)(=O)C2)c1N. The minimum atomic E-state index is -2.99. The van der Waals surface area contributed by atoms with Gasteiger partial charge < -0.3 is 5.73 Å². The maximum atomic E-state index is 11.6. The van der Waals surface area contributed by atoms with Crippen molar-refractivity contribution in [1.29, 1.82) is 0 Å². The average Bonchev–Trinajstić information content (AvgIpc) is 2.99. The average molecular weight is 293 g/mol. The van der Waals surface area contributed by atoms with Gasteiger partial charge in [0.25, 0.3) is 0 Å². The first-order valence-electron chi connectivity index (χ1n) is 6.32. The van der Waals surface area contributed by atoms with E-state index < -0.39 is 9.84 Å². The van der Waals surface area contributed by atoms with Crippen LogP contribution in [0.4, 0.5) is 5.69 Å². The number of nitrogens with zero attached hydrogens (tertiary/aromatic N) is 4. The minimum absolute atomic E-state index is 0.0801. The van der Waals surface area contributed by atoms with Crippen molar-refractivity contribution < 1.29 is 8.42 Å².